The normalized spacial score (nSPS) is 10.6. The fourth-order valence-electron chi connectivity index (χ4n) is 2.66. The van der Waals surface area contributed by atoms with Crippen molar-refractivity contribution in [3.8, 4) is 5.75 Å². The zero-order valence-corrected chi connectivity index (χ0v) is 21.2. The van der Waals surface area contributed by atoms with Crippen molar-refractivity contribution >= 4 is 47.0 Å². The molecule has 0 unspecified atom stereocenters. The summed E-state index contributed by atoms with van der Waals surface area (Å²) < 4.78 is 5.85. The van der Waals surface area contributed by atoms with Crippen molar-refractivity contribution in [3.05, 3.63) is 93.7 Å². The van der Waals surface area contributed by atoms with Crippen molar-refractivity contribution in [2.45, 2.75) is 17.1 Å². The van der Waals surface area contributed by atoms with Crippen LogP contribution in [0.3, 0.4) is 0 Å². The Labute approximate surface area is 217 Å². The van der Waals surface area contributed by atoms with E-state index in [1.54, 1.807) is 24.3 Å². The SMILES string of the molecule is O=C([O-])/C=C/c1nc(CSc2c(Cl)cccc2Cl)ccc1OCCc1ccccc1.[Na+]. The molecule has 0 aliphatic rings. The van der Waals surface area contributed by atoms with E-state index in [4.69, 9.17) is 27.9 Å². The number of carbonyl (C=O) groups is 1. The molecule has 0 aliphatic carbocycles. The molecule has 0 fully saturated rings. The first-order valence-corrected chi connectivity index (χ1v) is 10.9. The molecular weight excluding hydrogens is 464 g/mol. The predicted octanol–water partition coefficient (Wildman–Crippen LogP) is 2.07. The van der Waals surface area contributed by atoms with E-state index in [1.807, 2.05) is 36.4 Å². The summed E-state index contributed by atoms with van der Waals surface area (Å²) in [5.41, 5.74) is 2.32. The smallest absolute Gasteiger partial charge is 0.545 e. The van der Waals surface area contributed by atoms with E-state index in [9.17, 15) is 9.90 Å². The predicted molar refractivity (Wildman–Crippen MR) is 120 cm³/mol. The number of ether oxygens (including phenoxy) is 1. The number of rotatable bonds is 9. The molecule has 31 heavy (non-hydrogen) atoms. The van der Waals surface area contributed by atoms with Gasteiger partial charge in [-0.05, 0) is 42.0 Å². The van der Waals surface area contributed by atoms with Crippen molar-refractivity contribution in [2.24, 2.45) is 0 Å². The van der Waals surface area contributed by atoms with Crippen LogP contribution in [0.2, 0.25) is 10.0 Å². The van der Waals surface area contributed by atoms with E-state index in [-0.39, 0.29) is 29.6 Å². The molecule has 0 spiro atoms. The molecule has 8 heteroatoms. The second-order valence-electron chi connectivity index (χ2n) is 6.26. The molecule has 0 saturated heterocycles. The number of carboxylic acid groups (broad SMARTS) is 1. The second-order valence-corrected chi connectivity index (χ2v) is 8.06. The Morgan fingerprint density at radius 1 is 1.03 bits per heavy atom. The first-order valence-electron chi connectivity index (χ1n) is 9.15. The van der Waals surface area contributed by atoms with Gasteiger partial charge in [0.2, 0.25) is 0 Å². The molecule has 0 saturated carbocycles. The van der Waals surface area contributed by atoms with Crippen LogP contribution in [0, 0.1) is 0 Å². The number of halogens is 2. The molecule has 1 aromatic heterocycles. The minimum Gasteiger partial charge on any atom is -0.545 e. The van der Waals surface area contributed by atoms with Gasteiger partial charge in [0.05, 0.1) is 28.3 Å². The number of aliphatic carboxylic acids is 1. The van der Waals surface area contributed by atoms with Gasteiger partial charge in [-0.1, -0.05) is 59.6 Å². The summed E-state index contributed by atoms with van der Waals surface area (Å²) >= 11 is 13.9. The van der Waals surface area contributed by atoms with E-state index in [0.29, 0.717) is 33.8 Å². The Morgan fingerprint density at radius 3 is 2.42 bits per heavy atom. The number of nitrogens with zero attached hydrogens (tertiary/aromatic N) is 1. The monoisotopic (exact) mass is 481 g/mol. The summed E-state index contributed by atoms with van der Waals surface area (Å²) in [6, 6.07) is 18.9. The molecule has 0 atom stereocenters. The van der Waals surface area contributed by atoms with Crippen LogP contribution in [-0.4, -0.2) is 17.6 Å². The third kappa shape index (κ3) is 8.19. The molecular formula is C23H18Cl2NNaO3S. The van der Waals surface area contributed by atoms with Gasteiger partial charge in [-0.3, -0.25) is 0 Å². The largest absolute Gasteiger partial charge is 1.00 e. The molecule has 0 aliphatic heterocycles. The van der Waals surface area contributed by atoms with Gasteiger partial charge in [-0.25, -0.2) is 4.98 Å². The second kappa shape index (κ2) is 13.2. The summed E-state index contributed by atoms with van der Waals surface area (Å²) in [5.74, 6) is -0.275. The third-order valence-corrected chi connectivity index (χ3v) is 6.12. The van der Waals surface area contributed by atoms with Crippen molar-refractivity contribution in [2.75, 3.05) is 6.61 Å². The Bertz CT molecular complexity index is 1030. The molecule has 154 valence electrons. The van der Waals surface area contributed by atoms with E-state index in [0.717, 1.165) is 28.6 Å². The standard InChI is InChI=1S/C23H19Cl2NO3S.Na/c24-18-7-4-8-19(25)23(18)30-15-17-9-11-21(20(26-17)10-12-22(27)28)29-14-13-16-5-2-1-3-6-16;/h1-12H,13-15H2,(H,27,28);/q;+1/p-1/b12-10+;. The topological polar surface area (TPSA) is 62.2 Å². The van der Waals surface area contributed by atoms with E-state index in [1.165, 1.54) is 17.8 Å². The fourth-order valence-corrected chi connectivity index (χ4v) is 4.25. The van der Waals surface area contributed by atoms with Gasteiger partial charge in [0, 0.05) is 17.1 Å². The number of aromatic nitrogens is 1. The Hall–Kier alpha value is -1.47. The van der Waals surface area contributed by atoms with E-state index in [2.05, 4.69) is 4.98 Å². The van der Waals surface area contributed by atoms with Crippen LogP contribution in [0.25, 0.3) is 6.08 Å². The molecule has 3 rings (SSSR count). The zero-order chi connectivity index (χ0) is 21.3. The van der Waals surface area contributed by atoms with Crippen molar-refractivity contribution in [1.82, 2.24) is 4.98 Å². The molecule has 4 nitrogen and oxygen atoms in total. The molecule has 0 radical (unpaired) electrons. The van der Waals surface area contributed by atoms with Gasteiger partial charge in [0.15, 0.2) is 0 Å². The fraction of sp³-hybridized carbons (Fsp3) is 0.130. The number of hydrogen-bond acceptors (Lipinski definition) is 5. The maximum absolute atomic E-state index is 10.9. The average Bonchev–Trinajstić information content (AvgIpc) is 2.73. The average molecular weight is 482 g/mol. The van der Waals surface area contributed by atoms with Crippen molar-refractivity contribution in [1.29, 1.82) is 0 Å². The van der Waals surface area contributed by atoms with Crippen LogP contribution in [-0.2, 0) is 17.0 Å². The maximum Gasteiger partial charge on any atom is 1.00 e. The van der Waals surface area contributed by atoms with Gasteiger partial charge in [0.1, 0.15) is 11.4 Å². The quantitative estimate of drug-likeness (QED) is 0.266. The minimum atomic E-state index is -1.30. The number of carbonyl (C=O) groups excluding carboxylic acids is 1. The van der Waals surface area contributed by atoms with Gasteiger partial charge in [-0.2, -0.15) is 0 Å². The Morgan fingerprint density at radius 2 is 1.74 bits per heavy atom. The van der Waals surface area contributed by atoms with Gasteiger partial charge in [-0.15, -0.1) is 11.8 Å². The summed E-state index contributed by atoms with van der Waals surface area (Å²) in [4.78, 5) is 16.2. The van der Waals surface area contributed by atoms with Crippen molar-refractivity contribution in [3.63, 3.8) is 0 Å². The Balaban J connectivity index is 0.00000341. The van der Waals surface area contributed by atoms with Crippen LogP contribution < -0.4 is 39.4 Å². The zero-order valence-electron chi connectivity index (χ0n) is 16.9. The molecule has 0 N–H and O–H groups in total. The van der Waals surface area contributed by atoms with Gasteiger partial charge < -0.3 is 14.6 Å². The molecule has 2 aromatic carbocycles. The molecule has 0 amide bonds. The summed E-state index contributed by atoms with van der Waals surface area (Å²) in [6.45, 7) is 0.446. The molecule has 3 aromatic rings. The molecule has 1 heterocycles. The summed E-state index contributed by atoms with van der Waals surface area (Å²) in [5, 5.41) is 12.0. The van der Waals surface area contributed by atoms with Gasteiger partial charge >= 0.3 is 29.6 Å². The first-order chi connectivity index (χ1) is 14.5. The minimum absolute atomic E-state index is 0. The number of benzene rings is 2. The Kier molecular flexibility index (Phi) is 10.9. The van der Waals surface area contributed by atoms with Crippen LogP contribution in [0.5, 0.6) is 5.75 Å². The summed E-state index contributed by atoms with van der Waals surface area (Å²) in [6.07, 6.45) is 3.05. The molecule has 0 bridgehead atoms. The maximum atomic E-state index is 10.9. The number of carboxylic acids is 1. The number of hydrogen-bond donors (Lipinski definition) is 0. The third-order valence-electron chi connectivity index (χ3n) is 4.10. The van der Waals surface area contributed by atoms with Gasteiger partial charge in [0.25, 0.3) is 0 Å². The summed E-state index contributed by atoms with van der Waals surface area (Å²) in [7, 11) is 0. The van der Waals surface area contributed by atoms with E-state index < -0.39 is 5.97 Å². The van der Waals surface area contributed by atoms with Crippen molar-refractivity contribution < 1.29 is 44.2 Å². The van der Waals surface area contributed by atoms with Crippen LogP contribution >= 0.6 is 35.0 Å². The first kappa shape index (κ1) is 25.8. The van der Waals surface area contributed by atoms with Crippen LogP contribution in [0.4, 0.5) is 0 Å². The van der Waals surface area contributed by atoms with E-state index >= 15 is 0 Å². The van der Waals surface area contributed by atoms with Crippen LogP contribution in [0.15, 0.2) is 71.6 Å². The van der Waals surface area contributed by atoms with Crippen LogP contribution in [0.1, 0.15) is 17.0 Å². The number of thioether (sulfide) groups is 1. The number of pyridine rings is 1.